The summed E-state index contributed by atoms with van der Waals surface area (Å²) in [7, 11) is 4.06. The van der Waals surface area contributed by atoms with E-state index in [1.807, 2.05) is 20.2 Å². The van der Waals surface area contributed by atoms with E-state index in [0.29, 0.717) is 6.42 Å². The molecule has 1 aromatic carbocycles. The summed E-state index contributed by atoms with van der Waals surface area (Å²) >= 11 is 0. The van der Waals surface area contributed by atoms with E-state index in [9.17, 15) is 4.79 Å². The summed E-state index contributed by atoms with van der Waals surface area (Å²) in [5.74, 6) is 0.380. The van der Waals surface area contributed by atoms with E-state index in [2.05, 4.69) is 24.8 Å². The van der Waals surface area contributed by atoms with Crippen LogP contribution in [0, 0.1) is 19.8 Å². The van der Waals surface area contributed by atoms with Crippen LogP contribution in [0.1, 0.15) is 27.9 Å². The fourth-order valence-corrected chi connectivity index (χ4v) is 2.43. The fraction of sp³-hybridized carbons (Fsp3) is 0.429. The molecule has 1 unspecified atom stereocenters. The van der Waals surface area contributed by atoms with E-state index in [1.165, 1.54) is 16.8 Å². The topological polar surface area (TPSA) is 20.3 Å². The van der Waals surface area contributed by atoms with Crippen molar-refractivity contribution in [2.75, 3.05) is 19.0 Å². The molecule has 0 spiro atoms. The van der Waals surface area contributed by atoms with Crippen molar-refractivity contribution in [3.8, 4) is 0 Å². The van der Waals surface area contributed by atoms with Crippen molar-refractivity contribution in [3.05, 3.63) is 35.7 Å². The molecule has 1 atom stereocenters. The molecule has 0 saturated carbocycles. The number of benzene rings is 1. The van der Waals surface area contributed by atoms with E-state index < -0.39 is 0 Å². The fourth-order valence-electron chi connectivity index (χ4n) is 2.43. The third kappa shape index (κ3) is 2.63. The molecular weight excluding hydrogens is 287 g/mol. The summed E-state index contributed by atoms with van der Waals surface area (Å²) in [4.78, 5) is 14.1. The Morgan fingerprint density at radius 2 is 2.06 bits per heavy atom. The first kappa shape index (κ1) is 14.9. The van der Waals surface area contributed by atoms with Crippen molar-refractivity contribution < 1.29 is 37.5 Å². The van der Waals surface area contributed by atoms with E-state index in [1.54, 1.807) is 0 Å². The monoisotopic (exact) mass is 305 g/mol. The van der Waals surface area contributed by atoms with Gasteiger partial charge in [-0.3, -0.25) is 4.79 Å². The van der Waals surface area contributed by atoms with Gasteiger partial charge in [0.2, 0.25) is 0 Å². The Labute approximate surface area is 129 Å². The Hall–Kier alpha value is -0.206. The standard InChI is InChI=1S/C14H18NO.Y/c1-5-10-7-11-8-13(15(3)4)9(2)6-12(11)14(10)16;/h6,8,10H,1,5,7H2,2-4H3;/q-1;. The van der Waals surface area contributed by atoms with Crippen LogP contribution in [0.3, 0.4) is 0 Å². The maximum Gasteiger partial charge on any atom is 0.164 e. The molecule has 17 heavy (non-hydrogen) atoms. The third-order valence-corrected chi connectivity index (χ3v) is 3.35. The number of fused-ring (bicyclic) bond motifs is 1. The van der Waals surface area contributed by atoms with E-state index in [4.69, 9.17) is 0 Å². The number of ketones is 1. The number of nitrogens with zero attached hydrogens (tertiary/aromatic N) is 1. The van der Waals surface area contributed by atoms with Crippen LogP contribution in [0.4, 0.5) is 5.69 Å². The van der Waals surface area contributed by atoms with Crippen LogP contribution >= 0.6 is 0 Å². The molecule has 0 aliphatic heterocycles. The smallest absolute Gasteiger partial charge is 0.164 e. The van der Waals surface area contributed by atoms with Gasteiger partial charge in [-0.1, -0.05) is 0 Å². The van der Waals surface area contributed by atoms with Crippen molar-refractivity contribution in [2.45, 2.75) is 19.8 Å². The number of carbonyl (C=O) groups excluding carboxylic acids is 1. The second-order valence-corrected chi connectivity index (χ2v) is 4.74. The van der Waals surface area contributed by atoms with Crippen molar-refractivity contribution >= 4 is 11.5 Å². The van der Waals surface area contributed by atoms with Crippen molar-refractivity contribution in [1.82, 2.24) is 0 Å². The Morgan fingerprint density at radius 3 is 2.59 bits per heavy atom. The van der Waals surface area contributed by atoms with Crippen LogP contribution in [0.15, 0.2) is 12.1 Å². The largest absolute Gasteiger partial charge is 0.377 e. The van der Waals surface area contributed by atoms with Gasteiger partial charge in [-0.2, -0.15) is 6.42 Å². The summed E-state index contributed by atoms with van der Waals surface area (Å²) in [6.07, 6.45) is 1.56. The van der Waals surface area contributed by atoms with Gasteiger partial charge in [-0.25, -0.2) is 0 Å². The molecule has 3 heteroatoms. The first-order chi connectivity index (χ1) is 7.54. The second kappa shape index (κ2) is 5.62. The second-order valence-electron chi connectivity index (χ2n) is 4.74. The molecule has 0 amide bonds. The first-order valence-corrected chi connectivity index (χ1v) is 5.69. The molecule has 0 saturated heterocycles. The van der Waals surface area contributed by atoms with E-state index in [-0.39, 0.29) is 44.4 Å². The molecule has 0 N–H and O–H groups in total. The number of hydrogen-bond donors (Lipinski definition) is 0. The first-order valence-electron chi connectivity index (χ1n) is 5.69. The average molecular weight is 305 g/mol. The molecule has 0 bridgehead atoms. The molecule has 1 aliphatic carbocycles. The molecule has 1 aliphatic rings. The molecule has 2 rings (SSSR count). The van der Waals surface area contributed by atoms with Crippen LogP contribution in [-0.4, -0.2) is 19.9 Å². The summed E-state index contributed by atoms with van der Waals surface area (Å²) in [5.41, 5.74) is 4.47. The van der Waals surface area contributed by atoms with Gasteiger partial charge in [0, 0.05) is 58.1 Å². The predicted octanol–water partition coefficient (Wildman–Crippen LogP) is 2.64. The van der Waals surface area contributed by atoms with Crippen LogP contribution in [0.25, 0.3) is 0 Å². The Bertz CT molecular complexity index is 440. The normalized spacial score (nSPS) is 17.6. The zero-order chi connectivity index (χ0) is 11.9. The van der Waals surface area contributed by atoms with Gasteiger partial charge >= 0.3 is 0 Å². The number of hydrogen-bond acceptors (Lipinski definition) is 2. The van der Waals surface area contributed by atoms with Gasteiger partial charge in [0.1, 0.15) is 0 Å². The number of rotatable bonds is 2. The molecule has 1 radical (unpaired) electrons. The minimum atomic E-state index is 0. The van der Waals surface area contributed by atoms with Gasteiger partial charge in [0.05, 0.1) is 0 Å². The van der Waals surface area contributed by atoms with E-state index >= 15 is 0 Å². The number of aryl methyl sites for hydroxylation is 1. The van der Waals surface area contributed by atoms with Gasteiger partial charge in [0.25, 0.3) is 0 Å². The van der Waals surface area contributed by atoms with Crippen LogP contribution in [-0.2, 0) is 39.1 Å². The summed E-state index contributed by atoms with van der Waals surface area (Å²) in [6.45, 7) is 5.91. The number of anilines is 1. The quantitative estimate of drug-likeness (QED) is 0.783. The average Bonchev–Trinajstić information content (AvgIpc) is 2.54. The van der Waals surface area contributed by atoms with Crippen molar-refractivity contribution in [2.24, 2.45) is 5.92 Å². The third-order valence-electron chi connectivity index (χ3n) is 3.35. The summed E-state index contributed by atoms with van der Waals surface area (Å²) < 4.78 is 0. The van der Waals surface area contributed by atoms with Crippen molar-refractivity contribution in [1.29, 1.82) is 0 Å². The zero-order valence-electron chi connectivity index (χ0n) is 10.8. The SMILES string of the molecule is [CH2-]CC1Cc2cc(N(C)C)c(C)cc2C1=O.[Y]. The maximum atomic E-state index is 12.0. The summed E-state index contributed by atoms with van der Waals surface area (Å²) in [6, 6.07) is 4.18. The van der Waals surface area contributed by atoms with Crippen LogP contribution in [0.5, 0.6) is 0 Å². The van der Waals surface area contributed by atoms with Crippen molar-refractivity contribution in [3.63, 3.8) is 0 Å². The minimum absolute atomic E-state index is 0. The van der Waals surface area contributed by atoms with Gasteiger partial charge in [0.15, 0.2) is 5.78 Å². The van der Waals surface area contributed by atoms with Gasteiger partial charge < -0.3 is 11.8 Å². The predicted molar refractivity (Wildman–Crippen MR) is 67.0 cm³/mol. The maximum absolute atomic E-state index is 12.0. The minimum Gasteiger partial charge on any atom is -0.377 e. The summed E-state index contributed by atoms with van der Waals surface area (Å²) in [5, 5.41) is 0. The van der Waals surface area contributed by atoms with Crippen LogP contribution < -0.4 is 4.90 Å². The number of Topliss-reactive ketones (excluding diaryl/α,β-unsaturated/α-hetero) is 1. The molecular formula is C14H18NOY-. The molecule has 0 fully saturated rings. The van der Waals surface area contributed by atoms with E-state index in [0.717, 1.165) is 12.0 Å². The Balaban J connectivity index is 0.00000144. The molecule has 1 aromatic rings. The van der Waals surface area contributed by atoms with Gasteiger partial charge in [-0.05, 0) is 42.5 Å². The number of carbonyl (C=O) groups is 1. The van der Waals surface area contributed by atoms with Crippen LogP contribution in [0.2, 0.25) is 0 Å². The molecule has 0 heterocycles. The zero-order valence-corrected chi connectivity index (χ0v) is 13.6. The Morgan fingerprint density at radius 1 is 1.41 bits per heavy atom. The molecule has 89 valence electrons. The molecule has 0 aromatic heterocycles. The molecule has 2 nitrogen and oxygen atoms in total. The van der Waals surface area contributed by atoms with Gasteiger partial charge in [-0.15, -0.1) is 0 Å². The Kier molecular flexibility index (Phi) is 4.91.